The quantitative estimate of drug-likeness (QED) is 0.596. The molecule has 120 valence electrons. The van der Waals surface area contributed by atoms with Crippen molar-refractivity contribution in [3.05, 3.63) is 28.8 Å². The van der Waals surface area contributed by atoms with Gasteiger partial charge in [0.25, 0.3) is 10.1 Å². The molecule has 0 saturated heterocycles. The van der Waals surface area contributed by atoms with Crippen LogP contribution in [0.1, 0.15) is 19.4 Å². The molecular weight excluding hydrogens is 339 g/mol. The summed E-state index contributed by atoms with van der Waals surface area (Å²) in [4.78, 5) is 9.31. The Morgan fingerprint density at radius 2 is 2.00 bits per heavy atom. The van der Waals surface area contributed by atoms with Crippen molar-refractivity contribution in [2.45, 2.75) is 25.7 Å². The van der Waals surface area contributed by atoms with Crippen LogP contribution in [-0.2, 0) is 23.4 Å². The standard InChI is InChI=1S/C12H18ClO6PS/c1-9(2)7-18-20(14,15)8-19-21(16,17)12-10(3)5-4-6-11(12)13/h4-6,9H,7-8H2,1-3H3,(H,14,15). The number of hydrogen-bond donors (Lipinski definition) is 1. The van der Waals surface area contributed by atoms with Crippen molar-refractivity contribution in [2.75, 3.05) is 13.0 Å². The predicted molar refractivity (Wildman–Crippen MR) is 79.9 cm³/mol. The first-order valence-electron chi connectivity index (χ1n) is 6.16. The average molecular weight is 357 g/mol. The number of rotatable bonds is 7. The van der Waals surface area contributed by atoms with Crippen molar-refractivity contribution < 1.29 is 26.6 Å². The van der Waals surface area contributed by atoms with Gasteiger partial charge in [0.05, 0.1) is 11.6 Å². The molecule has 0 amide bonds. The Hall–Kier alpha value is -0.430. The Balaban J connectivity index is 2.85. The molecule has 0 saturated carbocycles. The zero-order valence-electron chi connectivity index (χ0n) is 11.9. The van der Waals surface area contributed by atoms with E-state index < -0.39 is 24.1 Å². The van der Waals surface area contributed by atoms with E-state index in [0.29, 0.717) is 5.56 Å². The van der Waals surface area contributed by atoms with Crippen molar-refractivity contribution in [1.82, 2.24) is 0 Å². The number of hydrogen-bond acceptors (Lipinski definition) is 5. The minimum absolute atomic E-state index is 0.00845. The number of benzene rings is 1. The molecule has 0 fully saturated rings. The Morgan fingerprint density at radius 3 is 2.52 bits per heavy atom. The number of aryl methyl sites for hydroxylation is 1. The van der Waals surface area contributed by atoms with E-state index in [1.807, 2.05) is 0 Å². The van der Waals surface area contributed by atoms with E-state index in [2.05, 4.69) is 4.18 Å². The van der Waals surface area contributed by atoms with Crippen molar-refractivity contribution in [1.29, 1.82) is 0 Å². The molecule has 0 bridgehead atoms. The highest BCUT2D eigenvalue weighted by molar-refractivity contribution is 7.87. The van der Waals surface area contributed by atoms with E-state index in [1.54, 1.807) is 32.9 Å². The Kier molecular flexibility index (Phi) is 6.40. The zero-order chi connectivity index (χ0) is 16.3. The highest BCUT2D eigenvalue weighted by Crippen LogP contribution is 2.43. The second kappa shape index (κ2) is 7.22. The molecule has 0 radical (unpaired) electrons. The fourth-order valence-corrected chi connectivity index (χ4v) is 4.52. The zero-order valence-corrected chi connectivity index (χ0v) is 14.4. The molecule has 0 heterocycles. The average Bonchev–Trinajstić information content (AvgIpc) is 2.34. The van der Waals surface area contributed by atoms with Gasteiger partial charge in [0, 0.05) is 0 Å². The van der Waals surface area contributed by atoms with E-state index in [1.165, 1.54) is 6.07 Å². The molecule has 1 aromatic carbocycles. The Bertz CT molecular complexity index is 623. The molecule has 1 aromatic rings. The first-order chi connectivity index (χ1) is 9.55. The van der Waals surface area contributed by atoms with E-state index >= 15 is 0 Å². The van der Waals surface area contributed by atoms with Gasteiger partial charge in [0.15, 0.2) is 6.35 Å². The lowest BCUT2D eigenvalue weighted by Gasteiger charge is -2.15. The van der Waals surface area contributed by atoms with Crippen molar-refractivity contribution in [3.63, 3.8) is 0 Å². The summed E-state index contributed by atoms with van der Waals surface area (Å²) in [5.74, 6) is 0.0351. The van der Waals surface area contributed by atoms with Crippen LogP contribution in [0.3, 0.4) is 0 Å². The summed E-state index contributed by atoms with van der Waals surface area (Å²) in [6.45, 7) is 5.17. The van der Waals surface area contributed by atoms with Gasteiger partial charge in [-0.15, -0.1) is 0 Å². The van der Waals surface area contributed by atoms with Crippen LogP contribution in [-0.4, -0.2) is 26.3 Å². The van der Waals surface area contributed by atoms with Gasteiger partial charge in [0.2, 0.25) is 0 Å². The highest BCUT2D eigenvalue weighted by atomic mass is 35.5. The molecule has 1 N–H and O–H groups in total. The monoisotopic (exact) mass is 356 g/mol. The Labute approximate surface area is 129 Å². The molecule has 6 nitrogen and oxygen atoms in total. The third-order valence-electron chi connectivity index (χ3n) is 2.39. The number of halogens is 1. The van der Waals surface area contributed by atoms with Gasteiger partial charge in [0.1, 0.15) is 4.90 Å². The first kappa shape index (κ1) is 18.6. The summed E-state index contributed by atoms with van der Waals surface area (Å²) < 4.78 is 45.2. The maximum atomic E-state index is 12.1. The minimum Gasteiger partial charge on any atom is -0.323 e. The van der Waals surface area contributed by atoms with Gasteiger partial charge < -0.3 is 9.42 Å². The summed E-state index contributed by atoms with van der Waals surface area (Å²) in [6, 6.07) is 4.55. The van der Waals surface area contributed by atoms with Gasteiger partial charge in [-0.25, -0.2) is 0 Å². The van der Waals surface area contributed by atoms with Crippen LogP contribution >= 0.6 is 19.2 Å². The van der Waals surface area contributed by atoms with Crippen LogP contribution in [0.25, 0.3) is 0 Å². The van der Waals surface area contributed by atoms with Gasteiger partial charge >= 0.3 is 7.60 Å². The van der Waals surface area contributed by atoms with Gasteiger partial charge in [-0.1, -0.05) is 37.6 Å². The summed E-state index contributed by atoms with van der Waals surface area (Å²) >= 11 is 5.84. The van der Waals surface area contributed by atoms with E-state index in [9.17, 15) is 17.9 Å². The molecular formula is C12H18ClO6PS. The fraction of sp³-hybridized carbons (Fsp3) is 0.500. The smallest absolute Gasteiger partial charge is 0.323 e. The third-order valence-corrected chi connectivity index (χ3v) is 5.47. The Morgan fingerprint density at radius 1 is 1.38 bits per heavy atom. The topological polar surface area (TPSA) is 89.9 Å². The molecule has 21 heavy (non-hydrogen) atoms. The molecule has 0 aliphatic heterocycles. The van der Waals surface area contributed by atoms with Crippen LogP contribution < -0.4 is 0 Å². The summed E-state index contributed by atoms with van der Waals surface area (Å²) in [6.07, 6.45) is -0.952. The fourth-order valence-electron chi connectivity index (χ4n) is 1.43. The predicted octanol–water partition coefficient (Wildman–Crippen LogP) is 3.17. The van der Waals surface area contributed by atoms with E-state index in [4.69, 9.17) is 16.1 Å². The van der Waals surface area contributed by atoms with Crippen molar-refractivity contribution in [3.8, 4) is 0 Å². The summed E-state index contributed by atoms with van der Waals surface area (Å²) in [5.41, 5.74) is 0.387. The summed E-state index contributed by atoms with van der Waals surface area (Å²) in [7, 11) is -8.38. The summed E-state index contributed by atoms with van der Waals surface area (Å²) in [5, 5.41) is -0.00845. The van der Waals surface area contributed by atoms with E-state index in [0.717, 1.165) is 0 Å². The molecule has 0 aromatic heterocycles. The van der Waals surface area contributed by atoms with Crippen LogP contribution in [0.2, 0.25) is 5.02 Å². The van der Waals surface area contributed by atoms with Crippen LogP contribution in [0.15, 0.2) is 23.1 Å². The van der Waals surface area contributed by atoms with Crippen LogP contribution in [0, 0.1) is 12.8 Å². The van der Waals surface area contributed by atoms with E-state index in [-0.39, 0.29) is 22.4 Å². The normalized spacial score (nSPS) is 15.1. The van der Waals surface area contributed by atoms with Gasteiger partial charge in [-0.05, 0) is 24.5 Å². The maximum absolute atomic E-state index is 12.1. The molecule has 0 spiro atoms. The van der Waals surface area contributed by atoms with Crippen molar-refractivity contribution >= 4 is 29.3 Å². The second-order valence-corrected chi connectivity index (χ2v) is 8.66. The largest absolute Gasteiger partial charge is 0.355 e. The van der Waals surface area contributed by atoms with Crippen molar-refractivity contribution in [2.24, 2.45) is 5.92 Å². The second-order valence-electron chi connectivity index (χ2n) is 4.91. The van der Waals surface area contributed by atoms with Crippen LogP contribution in [0.5, 0.6) is 0 Å². The molecule has 1 unspecified atom stereocenters. The lowest BCUT2D eigenvalue weighted by atomic mass is 10.2. The lowest BCUT2D eigenvalue weighted by molar-refractivity contribution is 0.209. The van der Waals surface area contributed by atoms with Crippen LogP contribution in [0.4, 0.5) is 0 Å². The van der Waals surface area contributed by atoms with Gasteiger partial charge in [-0.3, -0.25) is 8.75 Å². The maximum Gasteiger partial charge on any atom is 0.355 e. The third kappa shape index (κ3) is 5.70. The first-order valence-corrected chi connectivity index (χ1v) is 9.71. The molecule has 0 aliphatic rings. The minimum atomic E-state index is -4.24. The highest BCUT2D eigenvalue weighted by Gasteiger charge is 2.28. The molecule has 1 rings (SSSR count). The molecule has 0 aliphatic carbocycles. The lowest BCUT2D eigenvalue weighted by Crippen LogP contribution is -2.12. The molecule has 1 atom stereocenters. The molecule has 9 heteroatoms. The van der Waals surface area contributed by atoms with Gasteiger partial charge in [-0.2, -0.15) is 8.42 Å². The SMILES string of the molecule is Cc1cccc(Cl)c1S(=O)(=O)OCP(=O)(O)OCC(C)C.